The Bertz CT molecular complexity index is 946. The van der Waals surface area contributed by atoms with Crippen molar-refractivity contribution in [2.45, 2.75) is 49.5 Å². The lowest BCUT2D eigenvalue weighted by molar-refractivity contribution is -0.113. The number of rotatable bonds is 5. The number of carbonyl (C=O) groups excluding carboxylic acids is 1. The van der Waals surface area contributed by atoms with Crippen LogP contribution in [0.25, 0.3) is 0 Å². The highest BCUT2D eigenvalue weighted by atomic mass is 32.2. The number of carbonyl (C=O) groups is 1. The van der Waals surface area contributed by atoms with Gasteiger partial charge in [0.2, 0.25) is 0 Å². The molecule has 0 aromatic heterocycles. The number of nitrogens with one attached hydrogen (secondary N) is 1. The summed E-state index contributed by atoms with van der Waals surface area (Å²) in [5.41, 5.74) is 1.72. The number of amidine groups is 1. The van der Waals surface area contributed by atoms with Crippen molar-refractivity contribution in [1.29, 1.82) is 0 Å². The molecule has 0 bridgehead atoms. The minimum Gasteiger partial charge on any atom is -0.362 e. The number of anilines is 1. The van der Waals surface area contributed by atoms with Gasteiger partial charge in [-0.05, 0) is 39.8 Å². The molecule has 2 atom stereocenters. The summed E-state index contributed by atoms with van der Waals surface area (Å²) in [7, 11) is -3.39. The zero-order valence-corrected chi connectivity index (χ0v) is 14.8. The van der Waals surface area contributed by atoms with E-state index in [1.807, 2.05) is 11.8 Å². The van der Waals surface area contributed by atoms with Gasteiger partial charge in [0.15, 0.2) is 21.2 Å². The first kappa shape index (κ1) is 15.4. The number of nitrogens with zero attached hydrogens (tertiary/aromatic N) is 2. The summed E-state index contributed by atoms with van der Waals surface area (Å²) in [6.07, 6.45) is -0.132. The average molecular weight is 345 g/mol. The number of benzene rings is 1. The van der Waals surface area contributed by atoms with E-state index < -0.39 is 20.6 Å². The van der Waals surface area contributed by atoms with Gasteiger partial charge in [-0.1, -0.05) is 12.1 Å². The Morgan fingerprint density at radius 3 is 2.62 bits per heavy atom. The molecule has 0 radical (unpaired) electrons. The SMILES string of the molecule is CC(=O)C1=C2N=C(C)N3C(Nc4ccccc4S(=O)(=O)C(C)C)[C@]213. The predicted octanol–water partition coefficient (Wildman–Crippen LogP) is 1.95. The fraction of sp³-hybridized carbons (Fsp3) is 0.412. The molecule has 2 aliphatic heterocycles. The van der Waals surface area contributed by atoms with Crippen molar-refractivity contribution in [2.75, 3.05) is 5.32 Å². The molecule has 0 saturated carbocycles. The van der Waals surface area contributed by atoms with E-state index in [9.17, 15) is 13.2 Å². The van der Waals surface area contributed by atoms with Crippen LogP contribution < -0.4 is 5.32 Å². The average Bonchev–Trinajstić information content (AvgIpc) is 3.31. The zero-order chi connectivity index (χ0) is 17.4. The Hall–Kier alpha value is -2.15. The third kappa shape index (κ3) is 1.68. The molecule has 1 saturated heterocycles. The quantitative estimate of drug-likeness (QED) is 0.825. The summed E-state index contributed by atoms with van der Waals surface area (Å²) in [6, 6.07) is 6.92. The molecule has 4 rings (SSSR count). The monoisotopic (exact) mass is 345 g/mol. The molecule has 0 amide bonds. The molecule has 1 aromatic rings. The molecule has 1 aromatic carbocycles. The van der Waals surface area contributed by atoms with Crippen molar-refractivity contribution in [3.05, 3.63) is 35.5 Å². The number of sulfone groups is 1. The lowest BCUT2D eigenvalue weighted by atomic mass is 10.2. The second kappa shape index (κ2) is 4.47. The summed E-state index contributed by atoms with van der Waals surface area (Å²) in [5, 5.41) is 2.82. The number of hydrogen-bond donors (Lipinski definition) is 1. The van der Waals surface area contributed by atoms with Gasteiger partial charge < -0.3 is 10.2 Å². The van der Waals surface area contributed by atoms with Crippen LogP contribution in [-0.2, 0) is 14.6 Å². The van der Waals surface area contributed by atoms with Crippen molar-refractivity contribution in [3.63, 3.8) is 0 Å². The van der Waals surface area contributed by atoms with E-state index >= 15 is 0 Å². The Kier molecular flexibility index (Phi) is 2.87. The molecule has 1 spiro atoms. The first-order valence-corrected chi connectivity index (χ1v) is 9.49. The van der Waals surface area contributed by atoms with E-state index in [-0.39, 0.29) is 11.9 Å². The first-order valence-electron chi connectivity index (χ1n) is 7.94. The van der Waals surface area contributed by atoms with Gasteiger partial charge in [0.25, 0.3) is 0 Å². The Morgan fingerprint density at radius 2 is 2.00 bits per heavy atom. The molecule has 1 fully saturated rings. The third-order valence-electron chi connectivity index (χ3n) is 4.96. The molecular weight excluding hydrogens is 326 g/mol. The highest BCUT2D eigenvalue weighted by molar-refractivity contribution is 7.92. The topological polar surface area (TPSA) is 78.6 Å². The van der Waals surface area contributed by atoms with E-state index in [4.69, 9.17) is 0 Å². The molecule has 7 heteroatoms. The van der Waals surface area contributed by atoms with Gasteiger partial charge in [0.1, 0.15) is 12.0 Å². The number of Topliss-reactive ketones (excluding diaryl/α,β-unsaturated/α-hetero) is 1. The lowest BCUT2D eigenvalue weighted by Crippen LogP contribution is -2.20. The van der Waals surface area contributed by atoms with Gasteiger partial charge in [-0.2, -0.15) is 0 Å². The van der Waals surface area contributed by atoms with Crippen LogP contribution >= 0.6 is 0 Å². The van der Waals surface area contributed by atoms with Crippen LogP contribution in [0.5, 0.6) is 0 Å². The molecule has 1 aliphatic carbocycles. The van der Waals surface area contributed by atoms with Crippen molar-refractivity contribution < 1.29 is 13.2 Å². The van der Waals surface area contributed by atoms with Crippen LogP contribution in [0.15, 0.2) is 45.4 Å². The fourth-order valence-corrected chi connectivity index (χ4v) is 4.91. The molecule has 126 valence electrons. The largest absolute Gasteiger partial charge is 0.362 e. The Labute approximate surface area is 141 Å². The standard InChI is InChI=1S/C17H19N3O3S/c1-9(2)24(22,23)13-8-6-5-7-12(13)19-16-17-14(10(3)21)15(17)18-11(4)20(16)17/h5-9,16,19H,1-4H3/t16?,17-,20?/m1/s1. The highest BCUT2D eigenvalue weighted by Gasteiger charge is 2.82. The van der Waals surface area contributed by atoms with Crippen LogP contribution in [0.4, 0.5) is 5.69 Å². The highest BCUT2D eigenvalue weighted by Crippen LogP contribution is 2.68. The van der Waals surface area contributed by atoms with Crippen LogP contribution in [0.3, 0.4) is 0 Å². The van der Waals surface area contributed by atoms with Crippen LogP contribution in [0.1, 0.15) is 27.7 Å². The molecule has 1 unspecified atom stereocenters. The minimum absolute atomic E-state index is 0.0265. The normalized spacial score (nSPS) is 27.0. The molecule has 1 N–H and O–H groups in total. The van der Waals surface area contributed by atoms with Gasteiger partial charge in [-0.3, -0.25) is 4.79 Å². The van der Waals surface area contributed by atoms with Crippen molar-refractivity contribution in [3.8, 4) is 0 Å². The summed E-state index contributed by atoms with van der Waals surface area (Å²) in [6.45, 7) is 6.79. The summed E-state index contributed by atoms with van der Waals surface area (Å²) in [5.74, 6) is 0.885. The maximum atomic E-state index is 12.6. The molecule has 3 aliphatic rings. The lowest BCUT2D eigenvalue weighted by Gasteiger charge is -2.14. The molecule has 2 heterocycles. The van der Waals surface area contributed by atoms with Gasteiger partial charge >= 0.3 is 0 Å². The molecule has 6 nitrogen and oxygen atoms in total. The maximum absolute atomic E-state index is 12.6. The Balaban J connectivity index is 1.67. The summed E-state index contributed by atoms with van der Waals surface area (Å²) in [4.78, 5) is 18.6. The number of hydrogen-bond acceptors (Lipinski definition) is 6. The third-order valence-corrected chi connectivity index (χ3v) is 7.17. The van der Waals surface area contributed by atoms with Crippen LogP contribution in [0.2, 0.25) is 0 Å². The fourth-order valence-electron chi connectivity index (χ4n) is 3.70. The predicted molar refractivity (Wildman–Crippen MR) is 91.6 cm³/mol. The van der Waals surface area contributed by atoms with Crippen LogP contribution in [-0.4, -0.2) is 41.9 Å². The van der Waals surface area contributed by atoms with Gasteiger partial charge in [0.05, 0.1) is 27.1 Å². The maximum Gasteiger partial charge on any atom is 0.182 e. The number of para-hydroxylation sites is 1. The van der Waals surface area contributed by atoms with E-state index in [0.717, 1.165) is 17.1 Å². The zero-order valence-electron chi connectivity index (χ0n) is 14.0. The summed E-state index contributed by atoms with van der Waals surface area (Å²) < 4.78 is 25.2. The van der Waals surface area contributed by atoms with Gasteiger partial charge in [-0.25, -0.2) is 13.4 Å². The number of ketones is 1. The smallest absolute Gasteiger partial charge is 0.182 e. The molecule has 24 heavy (non-hydrogen) atoms. The van der Waals surface area contributed by atoms with Crippen molar-refractivity contribution in [2.24, 2.45) is 4.99 Å². The van der Waals surface area contributed by atoms with Crippen molar-refractivity contribution in [1.82, 2.24) is 4.90 Å². The van der Waals surface area contributed by atoms with Crippen molar-refractivity contribution >= 4 is 27.1 Å². The first-order chi connectivity index (χ1) is 11.2. The van der Waals surface area contributed by atoms with E-state index in [0.29, 0.717) is 10.6 Å². The van der Waals surface area contributed by atoms with Crippen LogP contribution in [0, 0.1) is 0 Å². The van der Waals surface area contributed by atoms with E-state index in [1.165, 1.54) is 0 Å². The second-order valence-electron chi connectivity index (χ2n) is 6.71. The van der Waals surface area contributed by atoms with Gasteiger partial charge in [-0.15, -0.1) is 0 Å². The minimum atomic E-state index is -3.39. The van der Waals surface area contributed by atoms with E-state index in [1.54, 1.807) is 45.0 Å². The number of aliphatic imine (C=N–C) groups is 1. The van der Waals surface area contributed by atoms with Gasteiger partial charge in [0, 0.05) is 0 Å². The second-order valence-corrected chi connectivity index (χ2v) is 9.18. The van der Waals surface area contributed by atoms with E-state index in [2.05, 4.69) is 10.3 Å². The summed E-state index contributed by atoms with van der Waals surface area (Å²) >= 11 is 0. The molecular formula is C17H19N3O3S. The Morgan fingerprint density at radius 1 is 1.33 bits per heavy atom.